The molecular formula is C14H8Cl2FIN2. The molecular weight excluding hydrogens is 413 g/mol. The average Bonchev–Trinajstić information content (AvgIpc) is 2.76. The lowest BCUT2D eigenvalue weighted by Gasteiger charge is -2.09. The summed E-state index contributed by atoms with van der Waals surface area (Å²) in [7, 11) is 0. The summed E-state index contributed by atoms with van der Waals surface area (Å²) in [6, 6.07) is 10.4. The van der Waals surface area contributed by atoms with Gasteiger partial charge in [0.25, 0.3) is 0 Å². The Bertz CT molecular complexity index is 801. The third kappa shape index (κ3) is 2.40. The maximum absolute atomic E-state index is 14.2. The Morgan fingerprint density at radius 1 is 1.20 bits per heavy atom. The number of rotatable bonds is 2. The molecule has 2 nitrogen and oxygen atoms in total. The van der Waals surface area contributed by atoms with E-state index in [0.717, 1.165) is 14.6 Å². The minimum atomic E-state index is -0.401. The number of nitrogens with zero attached hydrogens (tertiary/aromatic N) is 2. The van der Waals surface area contributed by atoms with Gasteiger partial charge in [-0.25, -0.2) is 9.37 Å². The first-order chi connectivity index (χ1) is 9.60. The van der Waals surface area contributed by atoms with Crippen molar-refractivity contribution in [3.8, 4) is 5.69 Å². The van der Waals surface area contributed by atoms with Gasteiger partial charge in [0.1, 0.15) is 11.6 Å². The first-order valence-electron chi connectivity index (χ1n) is 5.78. The molecule has 3 aromatic rings. The van der Waals surface area contributed by atoms with Crippen molar-refractivity contribution in [2.75, 3.05) is 0 Å². The fourth-order valence-corrected chi connectivity index (χ4v) is 2.94. The lowest BCUT2D eigenvalue weighted by molar-refractivity contribution is 0.618. The zero-order valence-corrected chi connectivity index (χ0v) is 13.7. The second kappa shape index (κ2) is 5.50. The summed E-state index contributed by atoms with van der Waals surface area (Å²) < 4.78 is 17.0. The molecule has 0 aliphatic rings. The van der Waals surface area contributed by atoms with Crippen molar-refractivity contribution in [3.05, 3.63) is 56.6 Å². The molecule has 1 aromatic heterocycles. The molecule has 6 heteroatoms. The van der Waals surface area contributed by atoms with E-state index < -0.39 is 5.82 Å². The predicted molar refractivity (Wildman–Crippen MR) is 88.3 cm³/mol. The van der Waals surface area contributed by atoms with E-state index in [0.29, 0.717) is 16.5 Å². The summed E-state index contributed by atoms with van der Waals surface area (Å²) in [5.41, 5.74) is 2.01. The number of benzene rings is 2. The molecule has 0 spiro atoms. The van der Waals surface area contributed by atoms with E-state index in [1.54, 1.807) is 16.7 Å². The zero-order chi connectivity index (χ0) is 14.3. The van der Waals surface area contributed by atoms with Crippen LogP contribution in [0.1, 0.15) is 5.82 Å². The van der Waals surface area contributed by atoms with Crippen LogP contribution in [0.2, 0.25) is 5.02 Å². The number of hydrogen-bond acceptors (Lipinski definition) is 1. The van der Waals surface area contributed by atoms with Gasteiger partial charge in [0, 0.05) is 8.59 Å². The zero-order valence-electron chi connectivity index (χ0n) is 10.1. The molecule has 0 aliphatic heterocycles. The van der Waals surface area contributed by atoms with Gasteiger partial charge in [0.15, 0.2) is 0 Å². The van der Waals surface area contributed by atoms with Gasteiger partial charge in [-0.3, -0.25) is 4.57 Å². The van der Waals surface area contributed by atoms with Crippen molar-refractivity contribution in [2.24, 2.45) is 0 Å². The van der Waals surface area contributed by atoms with Gasteiger partial charge in [0.2, 0.25) is 0 Å². The molecule has 0 aliphatic carbocycles. The third-order valence-electron chi connectivity index (χ3n) is 2.96. The Morgan fingerprint density at radius 2 is 2.00 bits per heavy atom. The van der Waals surface area contributed by atoms with Crippen molar-refractivity contribution >= 4 is 56.8 Å². The van der Waals surface area contributed by atoms with Crippen LogP contribution in [0.4, 0.5) is 4.39 Å². The fourth-order valence-electron chi connectivity index (χ4n) is 2.12. The van der Waals surface area contributed by atoms with Crippen molar-refractivity contribution in [3.63, 3.8) is 0 Å². The summed E-state index contributed by atoms with van der Waals surface area (Å²) in [4.78, 5) is 4.46. The predicted octanol–water partition coefficient (Wildman–Crippen LogP) is 5.16. The van der Waals surface area contributed by atoms with Crippen LogP contribution in [0.25, 0.3) is 16.7 Å². The van der Waals surface area contributed by atoms with Crippen LogP contribution in [-0.4, -0.2) is 9.55 Å². The molecule has 0 bridgehead atoms. The lowest BCUT2D eigenvalue weighted by Crippen LogP contribution is -2.02. The Hall–Kier alpha value is -0.850. The van der Waals surface area contributed by atoms with E-state index in [1.807, 2.05) is 18.2 Å². The van der Waals surface area contributed by atoms with E-state index in [9.17, 15) is 4.39 Å². The molecule has 0 amide bonds. The molecule has 1 heterocycles. The molecule has 20 heavy (non-hydrogen) atoms. The summed E-state index contributed by atoms with van der Waals surface area (Å²) in [6.07, 6.45) is 0. The monoisotopic (exact) mass is 420 g/mol. The smallest absolute Gasteiger partial charge is 0.148 e. The van der Waals surface area contributed by atoms with E-state index in [-0.39, 0.29) is 5.88 Å². The van der Waals surface area contributed by atoms with Crippen LogP contribution >= 0.6 is 45.8 Å². The highest BCUT2D eigenvalue weighted by atomic mass is 127. The Labute approximate surface area is 138 Å². The van der Waals surface area contributed by atoms with Crippen LogP contribution in [-0.2, 0) is 5.88 Å². The maximum atomic E-state index is 14.2. The number of fused-ring (bicyclic) bond motifs is 1. The fraction of sp³-hybridized carbons (Fsp3) is 0.0714. The molecule has 0 atom stereocenters. The van der Waals surface area contributed by atoms with E-state index in [2.05, 4.69) is 27.6 Å². The summed E-state index contributed by atoms with van der Waals surface area (Å²) >= 11 is 14.0. The molecule has 0 N–H and O–H groups in total. The van der Waals surface area contributed by atoms with E-state index in [1.165, 1.54) is 6.07 Å². The maximum Gasteiger partial charge on any atom is 0.148 e. The summed E-state index contributed by atoms with van der Waals surface area (Å²) in [6.45, 7) is 0. The van der Waals surface area contributed by atoms with Crippen LogP contribution < -0.4 is 0 Å². The topological polar surface area (TPSA) is 17.8 Å². The molecule has 0 unspecified atom stereocenters. The molecule has 0 saturated heterocycles. The number of hydrogen-bond donors (Lipinski definition) is 0. The van der Waals surface area contributed by atoms with Gasteiger partial charge >= 0.3 is 0 Å². The highest BCUT2D eigenvalue weighted by Gasteiger charge is 2.15. The summed E-state index contributed by atoms with van der Waals surface area (Å²) in [5.74, 6) is 0.402. The highest BCUT2D eigenvalue weighted by Crippen LogP contribution is 2.27. The average molecular weight is 421 g/mol. The first-order valence-corrected chi connectivity index (χ1v) is 7.77. The van der Waals surface area contributed by atoms with E-state index in [4.69, 9.17) is 23.2 Å². The van der Waals surface area contributed by atoms with Crippen molar-refractivity contribution in [2.45, 2.75) is 5.88 Å². The second-order valence-electron chi connectivity index (χ2n) is 4.23. The van der Waals surface area contributed by atoms with E-state index >= 15 is 0 Å². The van der Waals surface area contributed by atoms with Crippen molar-refractivity contribution in [1.82, 2.24) is 9.55 Å². The number of imidazole rings is 1. The molecule has 3 rings (SSSR count). The number of halogens is 4. The van der Waals surface area contributed by atoms with Gasteiger partial charge in [-0.05, 0) is 59.0 Å². The summed E-state index contributed by atoms with van der Waals surface area (Å²) in [5, 5.41) is 0.359. The number of alkyl halides is 1. The Kier molecular flexibility index (Phi) is 3.88. The van der Waals surface area contributed by atoms with Gasteiger partial charge in [-0.2, -0.15) is 0 Å². The van der Waals surface area contributed by atoms with Gasteiger partial charge in [0.05, 0.1) is 22.6 Å². The Balaban J connectivity index is 2.34. The molecule has 0 radical (unpaired) electrons. The van der Waals surface area contributed by atoms with Gasteiger partial charge in [-0.15, -0.1) is 11.6 Å². The van der Waals surface area contributed by atoms with Crippen LogP contribution in [0, 0.1) is 9.39 Å². The minimum Gasteiger partial charge on any atom is -0.292 e. The Morgan fingerprint density at radius 3 is 2.70 bits per heavy atom. The first kappa shape index (κ1) is 14.1. The molecule has 0 fully saturated rings. The quantitative estimate of drug-likeness (QED) is 0.413. The highest BCUT2D eigenvalue weighted by molar-refractivity contribution is 14.1. The van der Waals surface area contributed by atoms with Crippen molar-refractivity contribution < 1.29 is 4.39 Å². The van der Waals surface area contributed by atoms with Gasteiger partial charge < -0.3 is 0 Å². The van der Waals surface area contributed by atoms with Crippen LogP contribution in [0.3, 0.4) is 0 Å². The normalized spacial score (nSPS) is 11.2. The second-order valence-corrected chi connectivity index (χ2v) is 6.18. The molecule has 0 saturated carbocycles. The van der Waals surface area contributed by atoms with Gasteiger partial charge in [-0.1, -0.05) is 11.6 Å². The largest absolute Gasteiger partial charge is 0.292 e. The van der Waals surface area contributed by atoms with Crippen LogP contribution in [0.15, 0.2) is 36.4 Å². The van der Waals surface area contributed by atoms with Crippen LogP contribution in [0.5, 0.6) is 0 Å². The lowest BCUT2D eigenvalue weighted by atomic mass is 10.2. The minimum absolute atomic E-state index is 0.202. The molecule has 2 aromatic carbocycles. The molecule has 102 valence electrons. The third-order valence-corrected chi connectivity index (χ3v) is 4.10. The number of aromatic nitrogens is 2. The standard InChI is InChI=1S/C14H8Cl2FIN2/c15-7-14-19-11-6-9(18)2-4-13(11)20(14)12-3-1-8(16)5-10(12)17/h1-6H,7H2. The SMILES string of the molecule is Fc1cc(Cl)ccc1-n1c(CCl)nc2cc(I)ccc21. The van der Waals surface area contributed by atoms with Crippen molar-refractivity contribution in [1.29, 1.82) is 0 Å².